The fourth-order valence-electron chi connectivity index (χ4n) is 1.38. The SMILES string of the molecule is OCC(F)=Cc1cnc(-c2ccccc2)nc1. The summed E-state index contributed by atoms with van der Waals surface area (Å²) >= 11 is 0. The average Bonchev–Trinajstić information content (AvgIpc) is 2.40. The zero-order chi connectivity index (χ0) is 12.1. The summed E-state index contributed by atoms with van der Waals surface area (Å²) in [5.74, 6) is -0.0202. The van der Waals surface area contributed by atoms with Gasteiger partial charge < -0.3 is 5.11 Å². The first-order chi connectivity index (χ1) is 8.29. The van der Waals surface area contributed by atoms with E-state index in [-0.39, 0.29) is 0 Å². The Morgan fingerprint density at radius 2 is 1.82 bits per heavy atom. The highest BCUT2D eigenvalue weighted by Gasteiger charge is 2.00. The lowest BCUT2D eigenvalue weighted by Gasteiger charge is -1.99. The van der Waals surface area contributed by atoms with Crippen LogP contribution in [0.15, 0.2) is 48.6 Å². The molecule has 0 aliphatic rings. The molecule has 0 saturated heterocycles. The molecule has 86 valence electrons. The number of aliphatic hydroxyl groups excluding tert-OH is 1. The van der Waals surface area contributed by atoms with Gasteiger partial charge in [0.15, 0.2) is 5.82 Å². The van der Waals surface area contributed by atoms with E-state index in [4.69, 9.17) is 5.11 Å². The normalized spacial score (nSPS) is 11.5. The molecule has 0 bridgehead atoms. The number of hydrogen-bond donors (Lipinski definition) is 1. The van der Waals surface area contributed by atoms with Crippen LogP contribution in [-0.4, -0.2) is 21.7 Å². The summed E-state index contributed by atoms with van der Waals surface area (Å²) < 4.78 is 12.8. The standard InChI is InChI=1S/C13H11FN2O/c14-12(9-17)6-10-7-15-13(16-8-10)11-4-2-1-3-5-11/h1-8,17H,9H2. The maximum atomic E-state index is 12.8. The maximum absolute atomic E-state index is 12.8. The Morgan fingerprint density at radius 1 is 1.18 bits per heavy atom. The van der Waals surface area contributed by atoms with Gasteiger partial charge in [-0.25, -0.2) is 14.4 Å². The number of aliphatic hydroxyl groups is 1. The molecule has 1 N–H and O–H groups in total. The van der Waals surface area contributed by atoms with Crippen molar-refractivity contribution >= 4 is 6.08 Å². The number of rotatable bonds is 3. The second kappa shape index (κ2) is 5.32. The lowest BCUT2D eigenvalue weighted by Crippen LogP contribution is -1.90. The molecule has 4 heteroatoms. The van der Waals surface area contributed by atoms with E-state index < -0.39 is 12.4 Å². The molecule has 1 aromatic carbocycles. The van der Waals surface area contributed by atoms with Crippen LogP contribution in [0.1, 0.15) is 5.56 Å². The highest BCUT2D eigenvalue weighted by Crippen LogP contribution is 2.14. The minimum absolute atomic E-state index is 0.524. The van der Waals surface area contributed by atoms with Crippen LogP contribution in [-0.2, 0) is 0 Å². The molecule has 0 radical (unpaired) electrons. The van der Waals surface area contributed by atoms with Crippen LogP contribution in [0, 0.1) is 0 Å². The van der Waals surface area contributed by atoms with Gasteiger partial charge in [-0.15, -0.1) is 0 Å². The van der Waals surface area contributed by atoms with Crippen molar-refractivity contribution in [3.05, 3.63) is 54.1 Å². The summed E-state index contributed by atoms with van der Waals surface area (Å²) in [5, 5.41) is 8.54. The minimum atomic E-state index is -0.611. The van der Waals surface area contributed by atoms with Crippen LogP contribution in [0.25, 0.3) is 17.5 Å². The monoisotopic (exact) mass is 230 g/mol. The van der Waals surface area contributed by atoms with E-state index in [1.807, 2.05) is 30.3 Å². The smallest absolute Gasteiger partial charge is 0.159 e. The van der Waals surface area contributed by atoms with E-state index in [9.17, 15) is 4.39 Å². The van der Waals surface area contributed by atoms with Crippen molar-refractivity contribution in [3.63, 3.8) is 0 Å². The number of benzene rings is 1. The molecule has 0 aliphatic heterocycles. The average molecular weight is 230 g/mol. The molecular weight excluding hydrogens is 219 g/mol. The van der Waals surface area contributed by atoms with Gasteiger partial charge in [0, 0.05) is 23.5 Å². The van der Waals surface area contributed by atoms with E-state index in [1.54, 1.807) is 0 Å². The van der Waals surface area contributed by atoms with Crippen LogP contribution >= 0.6 is 0 Å². The van der Waals surface area contributed by atoms with Crippen LogP contribution < -0.4 is 0 Å². The predicted octanol–water partition coefficient (Wildman–Crippen LogP) is 2.45. The van der Waals surface area contributed by atoms with Gasteiger partial charge in [-0.05, 0) is 6.08 Å². The lowest BCUT2D eigenvalue weighted by atomic mass is 10.2. The lowest BCUT2D eigenvalue weighted by molar-refractivity contribution is 0.300. The zero-order valence-electron chi connectivity index (χ0n) is 9.05. The van der Waals surface area contributed by atoms with Crippen molar-refractivity contribution < 1.29 is 9.50 Å². The topological polar surface area (TPSA) is 46.0 Å². The number of halogens is 1. The summed E-state index contributed by atoms with van der Waals surface area (Å²) in [4.78, 5) is 8.26. The molecule has 0 fully saturated rings. The molecule has 0 saturated carbocycles. The zero-order valence-corrected chi connectivity index (χ0v) is 9.05. The minimum Gasteiger partial charge on any atom is -0.389 e. The highest BCUT2D eigenvalue weighted by atomic mass is 19.1. The van der Waals surface area contributed by atoms with Gasteiger partial charge >= 0.3 is 0 Å². The Morgan fingerprint density at radius 3 is 2.41 bits per heavy atom. The fourth-order valence-corrected chi connectivity index (χ4v) is 1.38. The first kappa shape index (κ1) is 11.4. The Balaban J connectivity index is 2.25. The van der Waals surface area contributed by atoms with Crippen molar-refractivity contribution in [2.75, 3.05) is 6.61 Å². The van der Waals surface area contributed by atoms with E-state index in [0.29, 0.717) is 11.4 Å². The molecule has 0 aliphatic carbocycles. The predicted molar refractivity (Wildman–Crippen MR) is 63.6 cm³/mol. The van der Waals surface area contributed by atoms with Gasteiger partial charge in [0.25, 0.3) is 0 Å². The third kappa shape index (κ3) is 2.95. The summed E-state index contributed by atoms with van der Waals surface area (Å²) in [6, 6.07) is 9.52. The third-order valence-corrected chi connectivity index (χ3v) is 2.18. The Bertz CT molecular complexity index is 509. The molecule has 1 aromatic heterocycles. The van der Waals surface area contributed by atoms with Crippen molar-refractivity contribution in [3.8, 4) is 11.4 Å². The first-order valence-electron chi connectivity index (χ1n) is 5.14. The van der Waals surface area contributed by atoms with Gasteiger partial charge in [-0.2, -0.15) is 0 Å². The number of nitrogens with zero attached hydrogens (tertiary/aromatic N) is 2. The van der Waals surface area contributed by atoms with E-state index >= 15 is 0 Å². The molecule has 17 heavy (non-hydrogen) atoms. The van der Waals surface area contributed by atoms with Gasteiger partial charge in [0.05, 0.1) is 6.61 Å². The van der Waals surface area contributed by atoms with E-state index in [0.717, 1.165) is 5.56 Å². The molecular formula is C13H11FN2O. The van der Waals surface area contributed by atoms with Crippen molar-refractivity contribution in [1.82, 2.24) is 9.97 Å². The first-order valence-corrected chi connectivity index (χ1v) is 5.14. The second-order valence-corrected chi connectivity index (χ2v) is 3.46. The summed E-state index contributed by atoms with van der Waals surface area (Å²) in [5.41, 5.74) is 1.43. The summed E-state index contributed by atoms with van der Waals surface area (Å²) in [6.45, 7) is -0.611. The summed E-state index contributed by atoms with van der Waals surface area (Å²) in [7, 11) is 0. The second-order valence-electron chi connectivity index (χ2n) is 3.46. The van der Waals surface area contributed by atoms with Crippen molar-refractivity contribution in [2.45, 2.75) is 0 Å². The molecule has 2 rings (SSSR count). The summed E-state index contributed by atoms with van der Waals surface area (Å²) in [6.07, 6.45) is 4.24. The maximum Gasteiger partial charge on any atom is 0.159 e. The van der Waals surface area contributed by atoms with Crippen molar-refractivity contribution in [1.29, 1.82) is 0 Å². The number of hydrogen-bond acceptors (Lipinski definition) is 3. The Hall–Kier alpha value is -2.07. The molecule has 0 unspecified atom stereocenters. The Labute approximate surface area is 98.3 Å². The molecule has 0 atom stereocenters. The quantitative estimate of drug-likeness (QED) is 0.880. The van der Waals surface area contributed by atoms with Gasteiger partial charge in [0.2, 0.25) is 0 Å². The molecule has 0 amide bonds. The van der Waals surface area contributed by atoms with E-state index in [1.165, 1.54) is 18.5 Å². The van der Waals surface area contributed by atoms with Crippen LogP contribution in [0.3, 0.4) is 0 Å². The molecule has 0 spiro atoms. The van der Waals surface area contributed by atoms with Crippen molar-refractivity contribution in [2.24, 2.45) is 0 Å². The molecule has 2 aromatic rings. The van der Waals surface area contributed by atoms with Crippen LogP contribution in [0.2, 0.25) is 0 Å². The van der Waals surface area contributed by atoms with E-state index in [2.05, 4.69) is 9.97 Å². The third-order valence-electron chi connectivity index (χ3n) is 2.18. The number of aromatic nitrogens is 2. The van der Waals surface area contributed by atoms with Gasteiger partial charge in [-0.3, -0.25) is 0 Å². The van der Waals surface area contributed by atoms with Gasteiger partial charge in [0.1, 0.15) is 5.83 Å². The van der Waals surface area contributed by atoms with Crippen LogP contribution in [0.4, 0.5) is 4.39 Å². The van der Waals surface area contributed by atoms with Gasteiger partial charge in [-0.1, -0.05) is 30.3 Å². The fraction of sp³-hybridized carbons (Fsp3) is 0.0769. The highest BCUT2D eigenvalue weighted by molar-refractivity contribution is 5.56. The molecule has 1 heterocycles. The Kier molecular flexibility index (Phi) is 3.57. The largest absolute Gasteiger partial charge is 0.389 e. The molecule has 3 nitrogen and oxygen atoms in total. The van der Waals surface area contributed by atoms with Crippen LogP contribution in [0.5, 0.6) is 0 Å².